The third-order valence-electron chi connectivity index (χ3n) is 11.6. The van der Waals surface area contributed by atoms with Gasteiger partial charge < -0.3 is 14.2 Å². The zero-order valence-electron chi connectivity index (χ0n) is 38.6. The number of rotatable bonds is 47. The molecular weight excluding hydrogens is 709 g/mol. The van der Waals surface area contributed by atoms with Gasteiger partial charge in [0.05, 0.1) is 0 Å². The molecular formula is C51H98O6. The molecule has 0 aliphatic heterocycles. The molecule has 338 valence electrons. The molecule has 0 aliphatic carbocycles. The molecule has 0 aliphatic rings. The van der Waals surface area contributed by atoms with Crippen molar-refractivity contribution in [1.82, 2.24) is 0 Å². The van der Waals surface area contributed by atoms with Crippen LogP contribution in [-0.4, -0.2) is 37.2 Å². The van der Waals surface area contributed by atoms with Crippen LogP contribution in [0.25, 0.3) is 0 Å². The van der Waals surface area contributed by atoms with Crippen molar-refractivity contribution < 1.29 is 28.6 Å². The molecule has 0 aromatic rings. The standard InChI is InChI=1S/C51H98O6/c1-4-7-10-13-16-18-20-21-22-23-24-25-26-27-28-29-30-31-33-35-38-41-44-50(53)56-47-48(46-55-49(52)43-40-37-34-15-12-9-6-3)57-51(54)45-42-39-36-32-19-17-14-11-8-5-2/h48H,4-47H2,1-3H3. The lowest BCUT2D eigenvalue weighted by atomic mass is 10.0. The Bertz CT molecular complexity index is 844. The van der Waals surface area contributed by atoms with E-state index in [1.807, 2.05) is 0 Å². The fourth-order valence-electron chi connectivity index (χ4n) is 7.74. The van der Waals surface area contributed by atoms with Crippen molar-refractivity contribution in [3.63, 3.8) is 0 Å². The van der Waals surface area contributed by atoms with E-state index in [0.717, 1.165) is 57.8 Å². The summed E-state index contributed by atoms with van der Waals surface area (Å²) in [4.78, 5) is 37.6. The van der Waals surface area contributed by atoms with Crippen molar-refractivity contribution >= 4 is 17.9 Å². The van der Waals surface area contributed by atoms with E-state index in [0.29, 0.717) is 19.3 Å². The number of unbranched alkanes of at least 4 members (excludes halogenated alkanes) is 36. The highest BCUT2D eigenvalue weighted by atomic mass is 16.6. The molecule has 0 spiro atoms. The average molecular weight is 807 g/mol. The average Bonchev–Trinajstić information content (AvgIpc) is 3.21. The minimum absolute atomic E-state index is 0.0629. The van der Waals surface area contributed by atoms with Crippen molar-refractivity contribution in [3.05, 3.63) is 0 Å². The van der Waals surface area contributed by atoms with E-state index in [9.17, 15) is 14.4 Å². The Morgan fingerprint density at radius 2 is 0.474 bits per heavy atom. The predicted octanol–water partition coefficient (Wildman–Crippen LogP) is 16.4. The Hall–Kier alpha value is -1.59. The summed E-state index contributed by atoms with van der Waals surface area (Å²) in [5, 5.41) is 0. The molecule has 0 saturated heterocycles. The van der Waals surface area contributed by atoms with Gasteiger partial charge in [0.15, 0.2) is 6.10 Å². The Kier molecular flexibility index (Phi) is 45.8. The van der Waals surface area contributed by atoms with Crippen molar-refractivity contribution in [1.29, 1.82) is 0 Å². The van der Waals surface area contributed by atoms with Crippen LogP contribution in [0.2, 0.25) is 0 Å². The van der Waals surface area contributed by atoms with E-state index in [1.54, 1.807) is 0 Å². The molecule has 6 nitrogen and oxygen atoms in total. The first kappa shape index (κ1) is 55.4. The molecule has 0 aromatic carbocycles. The van der Waals surface area contributed by atoms with E-state index in [4.69, 9.17) is 14.2 Å². The van der Waals surface area contributed by atoms with Crippen LogP contribution >= 0.6 is 0 Å². The van der Waals surface area contributed by atoms with Crippen LogP contribution in [-0.2, 0) is 28.6 Å². The van der Waals surface area contributed by atoms with Crippen molar-refractivity contribution in [2.75, 3.05) is 13.2 Å². The van der Waals surface area contributed by atoms with Gasteiger partial charge in [0.2, 0.25) is 0 Å². The quantitative estimate of drug-likeness (QED) is 0.0346. The summed E-state index contributed by atoms with van der Waals surface area (Å²) >= 11 is 0. The van der Waals surface area contributed by atoms with Gasteiger partial charge in [-0.2, -0.15) is 0 Å². The summed E-state index contributed by atoms with van der Waals surface area (Å²) in [5.41, 5.74) is 0. The van der Waals surface area contributed by atoms with Crippen LogP contribution < -0.4 is 0 Å². The molecule has 0 fully saturated rings. The highest BCUT2D eigenvalue weighted by molar-refractivity contribution is 5.71. The molecule has 0 amide bonds. The molecule has 0 bridgehead atoms. The zero-order chi connectivity index (χ0) is 41.5. The zero-order valence-corrected chi connectivity index (χ0v) is 38.6. The molecule has 0 heterocycles. The van der Waals surface area contributed by atoms with Gasteiger partial charge >= 0.3 is 17.9 Å². The largest absolute Gasteiger partial charge is 0.462 e. The monoisotopic (exact) mass is 807 g/mol. The summed E-state index contributed by atoms with van der Waals surface area (Å²) in [7, 11) is 0. The number of carbonyl (C=O) groups excluding carboxylic acids is 3. The molecule has 1 unspecified atom stereocenters. The van der Waals surface area contributed by atoms with Gasteiger partial charge in [-0.05, 0) is 19.3 Å². The maximum atomic E-state index is 12.7. The molecule has 0 saturated carbocycles. The van der Waals surface area contributed by atoms with Gasteiger partial charge in [0.1, 0.15) is 13.2 Å². The lowest BCUT2D eigenvalue weighted by molar-refractivity contribution is -0.167. The molecule has 0 rings (SSSR count). The van der Waals surface area contributed by atoms with Crippen LogP contribution in [0.15, 0.2) is 0 Å². The SMILES string of the molecule is CCCCCCCCCCCCCCCCCCCCCCCCC(=O)OCC(COC(=O)CCCCCCCCC)OC(=O)CCCCCCCCCCCC. The summed E-state index contributed by atoms with van der Waals surface area (Å²) in [5.74, 6) is -0.855. The molecule has 57 heavy (non-hydrogen) atoms. The topological polar surface area (TPSA) is 78.9 Å². The van der Waals surface area contributed by atoms with E-state index in [-0.39, 0.29) is 31.1 Å². The third-order valence-corrected chi connectivity index (χ3v) is 11.6. The van der Waals surface area contributed by atoms with E-state index in [1.165, 1.54) is 193 Å². The maximum Gasteiger partial charge on any atom is 0.306 e. The Morgan fingerprint density at radius 1 is 0.281 bits per heavy atom. The highest BCUT2D eigenvalue weighted by Crippen LogP contribution is 2.17. The van der Waals surface area contributed by atoms with Gasteiger partial charge in [-0.1, -0.05) is 252 Å². The first-order valence-electron chi connectivity index (χ1n) is 25.5. The number of hydrogen-bond acceptors (Lipinski definition) is 6. The summed E-state index contributed by atoms with van der Waals surface area (Å²) in [6.07, 6.45) is 49.7. The summed E-state index contributed by atoms with van der Waals surface area (Å²) in [6.45, 7) is 6.62. The van der Waals surface area contributed by atoms with Gasteiger partial charge in [-0.3, -0.25) is 14.4 Å². The second-order valence-corrected chi connectivity index (χ2v) is 17.5. The van der Waals surface area contributed by atoms with Crippen molar-refractivity contribution in [2.24, 2.45) is 0 Å². The lowest BCUT2D eigenvalue weighted by Gasteiger charge is -2.18. The van der Waals surface area contributed by atoms with E-state index < -0.39 is 6.10 Å². The Morgan fingerprint density at radius 3 is 0.702 bits per heavy atom. The van der Waals surface area contributed by atoms with Gasteiger partial charge in [-0.25, -0.2) is 0 Å². The summed E-state index contributed by atoms with van der Waals surface area (Å²) in [6, 6.07) is 0. The van der Waals surface area contributed by atoms with Crippen molar-refractivity contribution in [2.45, 2.75) is 297 Å². The van der Waals surface area contributed by atoms with Crippen LogP contribution in [0.1, 0.15) is 290 Å². The second-order valence-electron chi connectivity index (χ2n) is 17.5. The smallest absolute Gasteiger partial charge is 0.306 e. The summed E-state index contributed by atoms with van der Waals surface area (Å²) < 4.78 is 16.7. The van der Waals surface area contributed by atoms with Gasteiger partial charge in [0, 0.05) is 19.3 Å². The van der Waals surface area contributed by atoms with Gasteiger partial charge in [-0.15, -0.1) is 0 Å². The molecule has 0 radical (unpaired) electrons. The van der Waals surface area contributed by atoms with Crippen molar-refractivity contribution in [3.8, 4) is 0 Å². The number of ether oxygens (including phenoxy) is 3. The molecule has 1 atom stereocenters. The second kappa shape index (κ2) is 47.1. The van der Waals surface area contributed by atoms with E-state index in [2.05, 4.69) is 20.8 Å². The van der Waals surface area contributed by atoms with E-state index >= 15 is 0 Å². The molecule has 6 heteroatoms. The van der Waals surface area contributed by atoms with Crippen LogP contribution in [0.4, 0.5) is 0 Å². The van der Waals surface area contributed by atoms with Crippen LogP contribution in [0, 0.1) is 0 Å². The predicted molar refractivity (Wildman–Crippen MR) is 243 cm³/mol. The number of carbonyl (C=O) groups is 3. The number of hydrogen-bond donors (Lipinski definition) is 0. The lowest BCUT2D eigenvalue weighted by Crippen LogP contribution is -2.30. The highest BCUT2D eigenvalue weighted by Gasteiger charge is 2.19. The molecule has 0 aromatic heterocycles. The van der Waals surface area contributed by atoms with Crippen LogP contribution in [0.5, 0.6) is 0 Å². The maximum absolute atomic E-state index is 12.7. The fraction of sp³-hybridized carbons (Fsp3) is 0.941. The minimum atomic E-state index is -0.757. The first-order valence-corrected chi connectivity index (χ1v) is 25.5. The molecule has 0 N–H and O–H groups in total. The third kappa shape index (κ3) is 45.3. The number of esters is 3. The normalized spacial score (nSPS) is 11.8. The Labute approximate surface area is 355 Å². The fourth-order valence-corrected chi connectivity index (χ4v) is 7.74. The minimum Gasteiger partial charge on any atom is -0.462 e. The van der Waals surface area contributed by atoms with Crippen LogP contribution in [0.3, 0.4) is 0 Å². The van der Waals surface area contributed by atoms with Gasteiger partial charge in [0.25, 0.3) is 0 Å². The first-order chi connectivity index (χ1) is 28.0. The Balaban J connectivity index is 4.06.